The summed E-state index contributed by atoms with van der Waals surface area (Å²) in [5, 5.41) is 4.22. The first kappa shape index (κ1) is 12.1. The van der Waals surface area contributed by atoms with Gasteiger partial charge in [0.05, 0.1) is 5.02 Å². The fourth-order valence-corrected chi connectivity index (χ4v) is 3.05. The van der Waals surface area contributed by atoms with Crippen LogP contribution in [0.5, 0.6) is 11.5 Å². The molecule has 2 aliphatic heterocycles. The maximum Gasteiger partial charge on any atom is 0.180 e. The molecular weight excluding hydrogens is 250 g/mol. The zero-order chi connectivity index (χ0) is 12.5. The van der Waals surface area contributed by atoms with Crippen LogP contribution in [0, 0.1) is 6.92 Å². The average molecular weight is 268 g/mol. The van der Waals surface area contributed by atoms with Crippen molar-refractivity contribution in [3.8, 4) is 11.5 Å². The summed E-state index contributed by atoms with van der Waals surface area (Å²) in [6, 6.07) is 2.43. The van der Waals surface area contributed by atoms with Gasteiger partial charge in [0.1, 0.15) is 13.2 Å². The first-order chi connectivity index (χ1) is 8.77. The minimum atomic E-state index is 0.395. The minimum absolute atomic E-state index is 0.395. The molecule has 1 N–H and O–H groups in total. The van der Waals surface area contributed by atoms with E-state index in [2.05, 4.69) is 12.2 Å². The number of hydrogen-bond donors (Lipinski definition) is 1. The van der Waals surface area contributed by atoms with E-state index >= 15 is 0 Å². The second-order valence-electron chi connectivity index (χ2n) is 4.93. The van der Waals surface area contributed by atoms with Crippen molar-refractivity contribution in [1.82, 2.24) is 5.32 Å². The Balaban J connectivity index is 2.01. The molecule has 2 heterocycles. The Bertz CT molecular complexity index is 456. The molecule has 18 heavy (non-hydrogen) atoms. The third-order valence-corrected chi connectivity index (χ3v) is 4.02. The molecule has 3 rings (SSSR count). The minimum Gasteiger partial charge on any atom is -0.486 e. The maximum absolute atomic E-state index is 6.31. The molecule has 1 atom stereocenters. The summed E-state index contributed by atoms with van der Waals surface area (Å²) >= 11 is 6.31. The van der Waals surface area contributed by atoms with E-state index in [1.165, 1.54) is 18.4 Å². The molecule has 1 unspecified atom stereocenters. The maximum atomic E-state index is 6.31. The van der Waals surface area contributed by atoms with E-state index < -0.39 is 0 Å². The van der Waals surface area contributed by atoms with E-state index in [1.54, 1.807) is 0 Å². The zero-order valence-corrected chi connectivity index (χ0v) is 11.3. The molecule has 1 aromatic rings. The normalized spacial score (nSPS) is 22.9. The topological polar surface area (TPSA) is 30.5 Å². The summed E-state index contributed by atoms with van der Waals surface area (Å²) in [4.78, 5) is 0. The van der Waals surface area contributed by atoms with Crippen LogP contribution in [0.4, 0.5) is 0 Å². The lowest BCUT2D eigenvalue weighted by Crippen LogP contribution is -2.28. The number of nitrogens with one attached hydrogen (secondary N) is 1. The summed E-state index contributed by atoms with van der Waals surface area (Å²) in [6.45, 7) is 4.35. The third kappa shape index (κ3) is 2.06. The SMILES string of the molecule is Cc1c(C2CCCCN2)cc(Cl)c2c1OCCO2. The van der Waals surface area contributed by atoms with E-state index in [0.717, 1.165) is 24.3 Å². The van der Waals surface area contributed by atoms with Gasteiger partial charge in [0.2, 0.25) is 0 Å². The number of halogens is 1. The number of hydrogen-bond acceptors (Lipinski definition) is 3. The Morgan fingerprint density at radius 1 is 1.22 bits per heavy atom. The molecule has 0 saturated carbocycles. The van der Waals surface area contributed by atoms with Crippen molar-refractivity contribution < 1.29 is 9.47 Å². The highest BCUT2D eigenvalue weighted by Crippen LogP contribution is 2.44. The van der Waals surface area contributed by atoms with Gasteiger partial charge in [-0.15, -0.1) is 0 Å². The highest BCUT2D eigenvalue weighted by atomic mass is 35.5. The van der Waals surface area contributed by atoms with Crippen molar-refractivity contribution in [1.29, 1.82) is 0 Å². The molecule has 4 heteroatoms. The Labute approximate surface area is 112 Å². The van der Waals surface area contributed by atoms with Gasteiger partial charge in [0, 0.05) is 6.04 Å². The summed E-state index contributed by atoms with van der Waals surface area (Å²) in [5.41, 5.74) is 2.41. The fourth-order valence-electron chi connectivity index (χ4n) is 2.80. The second-order valence-corrected chi connectivity index (χ2v) is 5.34. The molecule has 0 aromatic heterocycles. The van der Waals surface area contributed by atoms with Crippen LogP contribution in [0.2, 0.25) is 5.02 Å². The molecule has 0 amide bonds. The molecule has 2 aliphatic rings. The van der Waals surface area contributed by atoms with Crippen LogP contribution in [-0.2, 0) is 0 Å². The number of benzene rings is 1. The van der Waals surface area contributed by atoms with Crippen LogP contribution >= 0.6 is 11.6 Å². The second kappa shape index (κ2) is 4.98. The van der Waals surface area contributed by atoms with Crippen molar-refractivity contribution in [3.63, 3.8) is 0 Å². The van der Waals surface area contributed by atoms with E-state index in [0.29, 0.717) is 30.0 Å². The molecule has 98 valence electrons. The predicted octanol–water partition coefficient (Wildman–Crippen LogP) is 3.23. The number of ether oxygens (including phenoxy) is 2. The largest absolute Gasteiger partial charge is 0.486 e. The molecule has 0 radical (unpaired) electrons. The Hall–Kier alpha value is -0.930. The molecule has 1 saturated heterocycles. The lowest BCUT2D eigenvalue weighted by atomic mass is 9.93. The first-order valence-corrected chi connectivity index (χ1v) is 6.97. The fraction of sp³-hybridized carbons (Fsp3) is 0.571. The summed E-state index contributed by atoms with van der Waals surface area (Å²) in [6.07, 6.45) is 3.69. The molecule has 0 spiro atoms. The molecule has 0 bridgehead atoms. The van der Waals surface area contributed by atoms with Gasteiger partial charge in [0.25, 0.3) is 0 Å². The third-order valence-electron chi connectivity index (χ3n) is 3.74. The quantitative estimate of drug-likeness (QED) is 0.847. The van der Waals surface area contributed by atoms with Gasteiger partial charge in [0.15, 0.2) is 11.5 Å². The summed E-state index contributed by atoms with van der Waals surface area (Å²) < 4.78 is 11.3. The lowest BCUT2D eigenvalue weighted by molar-refractivity contribution is 0.170. The van der Waals surface area contributed by atoms with Crippen molar-refractivity contribution >= 4 is 11.6 Å². The predicted molar refractivity (Wildman–Crippen MR) is 71.8 cm³/mol. The monoisotopic (exact) mass is 267 g/mol. The summed E-state index contributed by atoms with van der Waals surface area (Å²) in [7, 11) is 0. The Morgan fingerprint density at radius 2 is 2.00 bits per heavy atom. The van der Waals surface area contributed by atoms with Gasteiger partial charge >= 0.3 is 0 Å². The zero-order valence-electron chi connectivity index (χ0n) is 10.6. The molecule has 1 aromatic carbocycles. The van der Waals surface area contributed by atoms with Crippen LogP contribution in [0.3, 0.4) is 0 Å². The highest BCUT2D eigenvalue weighted by molar-refractivity contribution is 6.32. The van der Waals surface area contributed by atoms with Crippen molar-refractivity contribution in [2.75, 3.05) is 19.8 Å². The van der Waals surface area contributed by atoms with Gasteiger partial charge in [-0.25, -0.2) is 0 Å². The van der Waals surface area contributed by atoms with E-state index in [9.17, 15) is 0 Å². The van der Waals surface area contributed by atoms with Crippen LogP contribution in [0.25, 0.3) is 0 Å². The first-order valence-electron chi connectivity index (χ1n) is 6.59. The number of fused-ring (bicyclic) bond motifs is 1. The Kier molecular flexibility index (Phi) is 3.35. The smallest absolute Gasteiger partial charge is 0.180 e. The van der Waals surface area contributed by atoms with Crippen LogP contribution in [0.15, 0.2) is 6.07 Å². The molecular formula is C14H18ClNO2. The van der Waals surface area contributed by atoms with Crippen LogP contribution in [0.1, 0.15) is 36.4 Å². The molecule has 3 nitrogen and oxygen atoms in total. The molecule has 1 fully saturated rings. The molecule has 0 aliphatic carbocycles. The van der Waals surface area contributed by atoms with Crippen molar-refractivity contribution in [2.45, 2.75) is 32.2 Å². The lowest BCUT2D eigenvalue weighted by Gasteiger charge is -2.28. The van der Waals surface area contributed by atoms with E-state index in [-0.39, 0.29) is 0 Å². The van der Waals surface area contributed by atoms with Crippen LogP contribution in [-0.4, -0.2) is 19.8 Å². The van der Waals surface area contributed by atoms with E-state index in [1.807, 2.05) is 6.07 Å². The van der Waals surface area contributed by atoms with Crippen molar-refractivity contribution in [3.05, 3.63) is 22.2 Å². The summed E-state index contributed by atoms with van der Waals surface area (Å²) in [5.74, 6) is 1.54. The van der Waals surface area contributed by atoms with Gasteiger partial charge in [-0.2, -0.15) is 0 Å². The highest BCUT2D eigenvalue weighted by Gasteiger charge is 2.25. The standard InChI is InChI=1S/C14H18ClNO2/c1-9-10(12-4-2-3-5-16-12)8-11(15)14-13(9)17-6-7-18-14/h8,12,16H,2-7H2,1H3. The van der Waals surface area contributed by atoms with Crippen LogP contribution < -0.4 is 14.8 Å². The van der Waals surface area contributed by atoms with Gasteiger partial charge in [-0.1, -0.05) is 18.0 Å². The van der Waals surface area contributed by atoms with Gasteiger partial charge < -0.3 is 14.8 Å². The van der Waals surface area contributed by atoms with Crippen molar-refractivity contribution in [2.24, 2.45) is 0 Å². The number of piperidine rings is 1. The van der Waals surface area contributed by atoms with Gasteiger partial charge in [-0.05, 0) is 43.5 Å². The number of rotatable bonds is 1. The Morgan fingerprint density at radius 3 is 2.72 bits per heavy atom. The average Bonchev–Trinajstić information content (AvgIpc) is 2.44. The van der Waals surface area contributed by atoms with E-state index in [4.69, 9.17) is 21.1 Å². The van der Waals surface area contributed by atoms with Gasteiger partial charge in [-0.3, -0.25) is 0 Å².